The standard InChI is InChI=1S/C26H21Cl3N4/c27-21-5-3-18(4-6-21)24-15-25(32-26(31-24)19-2-1-9-30-16-19)33-10-7-17(8-11-33)20-12-22(28)14-23(29)13-20/h1-6,9,12-17H,7-8,10-11H2. The number of hydrogen-bond acceptors (Lipinski definition) is 4. The first-order valence-electron chi connectivity index (χ1n) is 10.8. The van der Waals surface area contributed by atoms with Crippen molar-refractivity contribution in [2.45, 2.75) is 18.8 Å². The monoisotopic (exact) mass is 494 g/mol. The van der Waals surface area contributed by atoms with Gasteiger partial charge in [0, 0.05) is 57.7 Å². The van der Waals surface area contributed by atoms with Crippen molar-refractivity contribution in [2.24, 2.45) is 0 Å². The van der Waals surface area contributed by atoms with Crippen LogP contribution in [0.1, 0.15) is 24.3 Å². The lowest BCUT2D eigenvalue weighted by Crippen LogP contribution is -2.33. The third-order valence-electron chi connectivity index (χ3n) is 5.95. The number of anilines is 1. The molecule has 0 unspecified atom stereocenters. The second-order valence-corrected chi connectivity index (χ2v) is 9.46. The molecule has 2 aromatic carbocycles. The maximum atomic E-state index is 6.23. The van der Waals surface area contributed by atoms with Gasteiger partial charge in [0.2, 0.25) is 0 Å². The van der Waals surface area contributed by atoms with Gasteiger partial charge in [-0.25, -0.2) is 9.97 Å². The zero-order valence-electron chi connectivity index (χ0n) is 17.8. The fraction of sp³-hybridized carbons (Fsp3) is 0.192. The van der Waals surface area contributed by atoms with Crippen LogP contribution in [0.3, 0.4) is 0 Å². The lowest BCUT2D eigenvalue weighted by atomic mass is 9.89. The van der Waals surface area contributed by atoms with Crippen molar-refractivity contribution in [2.75, 3.05) is 18.0 Å². The summed E-state index contributed by atoms with van der Waals surface area (Å²) < 4.78 is 0. The Bertz CT molecular complexity index is 1230. The molecule has 166 valence electrons. The molecule has 1 saturated heterocycles. The zero-order valence-corrected chi connectivity index (χ0v) is 20.0. The molecule has 5 rings (SSSR count). The van der Waals surface area contributed by atoms with Gasteiger partial charge in [0.25, 0.3) is 0 Å². The molecule has 0 saturated carbocycles. The largest absolute Gasteiger partial charge is 0.356 e. The van der Waals surface area contributed by atoms with Gasteiger partial charge in [0.15, 0.2) is 5.82 Å². The Morgan fingerprint density at radius 3 is 2.15 bits per heavy atom. The van der Waals surface area contributed by atoms with E-state index in [2.05, 4.69) is 16.0 Å². The molecule has 0 radical (unpaired) electrons. The van der Waals surface area contributed by atoms with Gasteiger partial charge >= 0.3 is 0 Å². The van der Waals surface area contributed by atoms with E-state index in [1.807, 2.05) is 48.5 Å². The highest BCUT2D eigenvalue weighted by molar-refractivity contribution is 6.34. The van der Waals surface area contributed by atoms with E-state index in [1.165, 1.54) is 5.56 Å². The minimum atomic E-state index is 0.424. The molecule has 1 aliphatic rings. The molecular formula is C26H21Cl3N4. The topological polar surface area (TPSA) is 41.9 Å². The van der Waals surface area contributed by atoms with Crippen LogP contribution in [0.5, 0.6) is 0 Å². The molecule has 1 aliphatic heterocycles. The molecule has 0 N–H and O–H groups in total. The second kappa shape index (κ2) is 9.68. The van der Waals surface area contributed by atoms with Crippen molar-refractivity contribution in [1.82, 2.24) is 15.0 Å². The summed E-state index contributed by atoms with van der Waals surface area (Å²) in [6.07, 6.45) is 5.54. The van der Waals surface area contributed by atoms with E-state index in [-0.39, 0.29) is 0 Å². The fourth-order valence-electron chi connectivity index (χ4n) is 4.24. The second-order valence-electron chi connectivity index (χ2n) is 8.15. The van der Waals surface area contributed by atoms with Gasteiger partial charge in [0.1, 0.15) is 5.82 Å². The first-order chi connectivity index (χ1) is 16.0. The minimum absolute atomic E-state index is 0.424. The van der Waals surface area contributed by atoms with Crippen LogP contribution >= 0.6 is 34.8 Å². The van der Waals surface area contributed by atoms with E-state index in [1.54, 1.807) is 18.5 Å². The molecule has 2 aromatic heterocycles. The highest BCUT2D eigenvalue weighted by atomic mass is 35.5. The van der Waals surface area contributed by atoms with Crippen molar-refractivity contribution < 1.29 is 0 Å². The lowest BCUT2D eigenvalue weighted by Gasteiger charge is -2.33. The Hall–Kier alpha value is -2.66. The van der Waals surface area contributed by atoms with E-state index in [0.29, 0.717) is 26.8 Å². The van der Waals surface area contributed by atoms with Crippen LogP contribution in [0.15, 0.2) is 73.1 Å². The number of hydrogen-bond donors (Lipinski definition) is 0. The predicted molar refractivity (Wildman–Crippen MR) is 136 cm³/mol. The molecular weight excluding hydrogens is 475 g/mol. The summed E-state index contributed by atoms with van der Waals surface area (Å²) in [5, 5.41) is 2.07. The van der Waals surface area contributed by atoms with E-state index in [4.69, 9.17) is 44.8 Å². The molecule has 4 nitrogen and oxygen atoms in total. The maximum Gasteiger partial charge on any atom is 0.163 e. The molecule has 0 aliphatic carbocycles. The van der Waals surface area contributed by atoms with Crippen molar-refractivity contribution in [3.05, 3.63) is 93.7 Å². The first kappa shape index (κ1) is 22.1. The molecule has 1 fully saturated rings. The number of halogens is 3. The van der Waals surface area contributed by atoms with Gasteiger partial charge < -0.3 is 4.90 Å². The highest BCUT2D eigenvalue weighted by Gasteiger charge is 2.23. The molecule has 0 amide bonds. The Balaban J connectivity index is 1.45. The van der Waals surface area contributed by atoms with Crippen molar-refractivity contribution in [3.63, 3.8) is 0 Å². The molecule has 0 spiro atoms. The summed E-state index contributed by atoms with van der Waals surface area (Å²) in [6.45, 7) is 1.77. The zero-order chi connectivity index (χ0) is 22.8. The van der Waals surface area contributed by atoms with Crippen LogP contribution in [0, 0.1) is 0 Å². The van der Waals surface area contributed by atoms with Crippen LogP contribution < -0.4 is 4.90 Å². The number of piperidine rings is 1. The number of nitrogens with zero attached hydrogens (tertiary/aromatic N) is 4. The predicted octanol–water partition coefficient (Wildman–Crippen LogP) is 7.55. The average Bonchev–Trinajstić information content (AvgIpc) is 2.84. The summed E-state index contributed by atoms with van der Waals surface area (Å²) in [7, 11) is 0. The van der Waals surface area contributed by atoms with Crippen molar-refractivity contribution >= 4 is 40.6 Å². The lowest BCUT2D eigenvalue weighted by molar-refractivity contribution is 0.502. The highest BCUT2D eigenvalue weighted by Crippen LogP contribution is 2.34. The fourth-order valence-corrected chi connectivity index (χ4v) is 4.91. The van der Waals surface area contributed by atoms with Gasteiger partial charge in [-0.3, -0.25) is 4.98 Å². The van der Waals surface area contributed by atoms with Gasteiger partial charge in [0.05, 0.1) is 5.69 Å². The summed E-state index contributed by atoms with van der Waals surface area (Å²) in [5.74, 6) is 2.00. The maximum absolute atomic E-state index is 6.23. The summed E-state index contributed by atoms with van der Waals surface area (Å²) >= 11 is 18.6. The van der Waals surface area contributed by atoms with Crippen LogP contribution in [-0.2, 0) is 0 Å². The molecule has 4 aromatic rings. The van der Waals surface area contributed by atoms with E-state index < -0.39 is 0 Å². The van der Waals surface area contributed by atoms with Gasteiger partial charge in [-0.1, -0.05) is 46.9 Å². The molecule has 0 atom stereocenters. The van der Waals surface area contributed by atoms with E-state index in [0.717, 1.165) is 48.6 Å². The Labute approximate surface area is 208 Å². The van der Waals surface area contributed by atoms with Gasteiger partial charge in [-0.2, -0.15) is 0 Å². The smallest absolute Gasteiger partial charge is 0.163 e. The van der Waals surface area contributed by atoms with Crippen molar-refractivity contribution in [3.8, 4) is 22.6 Å². The van der Waals surface area contributed by atoms with Crippen molar-refractivity contribution in [1.29, 1.82) is 0 Å². The summed E-state index contributed by atoms with van der Waals surface area (Å²) in [4.78, 5) is 16.3. The quantitative estimate of drug-likeness (QED) is 0.293. The molecule has 7 heteroatoms. The van der Waals surface area contributed by atoms with Gasteiger partial charge in [-0.15, -0.1) is 0 Å². The molecule has 33 heavy (non-hydrogen) atoms. The third kappa shape index (κ3) is 5.14. The number of benzene rings is 2. The average molecular weight is 496 g/mol. The van der Waals surface area contributed by atoms with Gasteiger partial charge in [-0.05, 0) is 66.8 Å². The number of aromatic nitrogens is 3. The Morgan fingerprint density at radius 2 is 1.48 bits per heavy atom. The normalized spacial score (nSPS) is 14.5. The first-order valence-corrected chi connectivity index (χ1v) is 11.9. The minimum Gasteiger partial charge on any atom is -0.356 e. The van der Waals surface area contributed by atoms with E-state index in [9.17, 15) is 0 Å². The number of pyridine rings is 1. The Morgan fingerprint density at radius 1 is 0.758 bits per heavy atom. The summed E-state index contributed by atoms with van der Waals surface area (Å²) in [5.41, 5.74) is 3.95. The SMILES string of the molecule is Clc1ccc(-c2cc(N3CCC(c4cc(Cl)cc(Cl)c4)CC3)nc(-c3cccnc3)n2)cc1. The van der Waals surface area contributed by atoms with Crippen LogP contribution in [0.25, 0.3) is 22.6 Å². The van der Waals surface area contributed by atoms with E-state index >= 15 is 0 Å². The number of rotatable bonds is 4. The Kier molecular flexibility index (Phi) is 6.50. The van der Waals surface area contributed by atoms with Crippen LogP contribution in [0.4, 0.5) is 5.82 Å². The third-order valence-corrected chi connectivity index (χ3v) is 6.64. The van der Waals surface area contributed by atoms with Crippen LogP contribution in [0.2, 0.25) is 15.1 Å². The summed E-state index contributed by atoms with van der Waals surface area (Å²) in [6, 6.07) is 19.5. The van der Waals surface area contributed by atoms with Crippen LogP contribution in [-0.4, -0.2) is 28.0 Å². The molecule has 3 heterocycles. The molecule has 0 bridgehead atoms.